The van der Waals surface area contributed by atoms with Crippen LogP contribution in [0.4, 0.5) is 0 Å². The van der Waals surface area contributed by atoms with Gasteiger partial charge in [-0.15, -0.1) is 0 Å². The first kappa shape index (κ1) is 16.2. The minimum Gasteiger partial charge on any atom is -0.493 e. The molecule has 0 aliphatic carbocycles. The Kier molecular flexibility index (Phi) is 7.42. The maximum Gasteiger partial charge on any atom is 0.150 e. The highest BCUT2D eigenvalue weighted by Crippen LogP contribution is 2.22. The van der Waals surface area contributed by atoms with E-state index in [1.54, 1.807) is 18.2 Å². The van der Waals surface area contributed by atoms with Crippen LogP contribution in [0, 0.1) is 17.2 Å². The number of carbonyl (C=O) groups excluding carboxylic acids is 1. The smallest absolute Gasteiger partial charge is 0.150 e. The number of rotatable bonds is 9. The molecule has 3 nitrogen and oxygen atoms in total. The van der Waals surface area contributed by atoms with Crippen molar-refractivity contribution in [1.82, 2.24) is 0 Å². The molecule has 1 aromatic carbocycles. The van der Waals surface area contributed by atoms with E-state index in [0.29, 0.717) is 30.3 Å². The minimum absolute atomic E-state index is 0.306. The molecule has 0 fully saturated rings. The van der Waals surface area contributed by atoms with E-state index in [2.05, 4.69) is 19.9 Å². The fraction of sp³-hybridized carbons (Fsp3) is 0.529. The molecule has 0 amide bonds. The molecule has 108 valence electrons. The number of hydrogen-bond donors (Lipinski definition) is 0. The second-order valence-electron chi connectivity index (χ2n) is 5.05. The van der Waals surface area contributed by atoms with E-state index in [4.69, 9.17) is 10.00 Å². The van der Waals surface area contributed by atoms with Gasteiger partial charge in [0.15, 0.2) is 0 Å². The van der Waals surface area contributed by atoms with E-state index in [0.717, 1.165) is 24.7 Å². The molecule has 0 unspecified atom stereocenters. The summed E-state index contributed by atoms with van der Waals surface area (Å²) in [4.78, 5) is 10.8. The number of unbranched alkanes of at least 4 members (excludes halogenated alkanes) is 1. The lowest BCUT2D eigenvalue weighted by molar-refractivity contribution is 0.112. The van der Waals surface area contributed by atoms with Crippen LogP contribution in [0.3, 0.4) is 0 Å². The van der Waals surface area contributed by atoms with Gasteiger partial charge in [0.25, 0.3) is 0 Å². The van der Waals surface area contributed by atoms with Gasteiger partial charge in [0.1, 0.15) is 12.0 Å². The van der Waals surface area contributed by atoms with Gasteiger partial charge in [-0.05, 0) is 18.4 Å². The van der Waals surface area contributed by atoms with Crippen molar-refractivity contribution >= 4 is 6.29 Å². The lowest BCUT2D eigenvalue weighted by Crippen LogP contribution is -2.12. The summed E-state index contributed by atoms with van der Waals surface area (Å²) in [5, 5.41) is 8.84. The highest BCUT2D eigenvalue weighted by atomic mass is 16.5. The number of carbonyl (C=O) groups is 1. The molecule has 0 radical (unpaired) electrons. The zero-order valence-corrected chi connectivity index (χ0v) is 12.4. The first-order chi connectivity index (χ1) is 9.74. The highest BCUT2D eigenvalue weighted by Gasteiger charge is 2.10. The second-order valence-corrected chi connectivity index (χ2v) is 5.05. The van der Waals surface area contributed by atoms with Crippen molar-refractivity contribution < 1.29 is 9.53 Å². The fourth-order valence-electron chi connectivity index (χ4n) is 2.12. The van der Waals surface area contributed by atoms with Crippen molar-refractivity contribution in [2.24, 2.45) is 5.92 Å². The van der Waals surface area contributed by atoms with Crippen LogP contribution < -0.4 is 4.74 Å². The Morgan fingerprint density at radius 2 is 2.20 bits per heavy atom. The molecular weight excluding hydrogens is 250 g/mol. The number of aldehydes is 1. The zero-order valence-electron chi connectivity index (χ0n) is 12.4. The quantitative estimate of drug-likeness (QED) is 0.635. The summed E-state index contributed by atoms with van der Waals surface area (Å²) < 4.78 is 5.87. The molecule has 0 N–H and O–H groups in total. The van der Waals surface area contributed by atoms with E-state index in [1.807, 2.05) is 0 Å². The molecule has 0 aliphatic heterocycles. The van der Waals surface area contributed by atoms with Gasteiger partial charge >= 0.3 is 0 Å². The Morgan fingerprint density at radius 1 is 1.40 bits per heavy atom. The lowest BCUT2D eigenvalue weighted by Gasteiger charge is -2.17. The summed E-state index contributed by atoms with van der Waals surface area (Å²) in [7, 11) is 0. The number of hydrogen-bond acceptors (Lipinski definition) is 3. The fourth-order valence-corrected chi connectivity index (χ4v) is 2.12. The molecule has 0 spiro atoms. The van der Waals surface area contributed by atoms with Gasteiger partial charge in [0.2, 0.25) is 0 Å². The molecule has 1 rings (SSSR count). The molecule has 0 saturated heterocycles. The predicted molar refractivity (Wildman–Crippen MR) is 79.9 cm³/mol. The number of nitriles is 1. The van der Waals surface area contributed by atoms with Crippen molar-refractivity contribution in [2.45, 2.75) is 46.0 Å². The Labute approximate surface area is 121 Å². The maximum absolute atomic E-state index is 10.8. The van der Waals surface area contributed by atoms with Crippen molar-refractivity contribution in [3.8, 4) is 11.8 Å². The molecule has 0 aliphatic rings. The van der Waals surface area contributed by atoms with Crippen LogP contribution in [-0.4, -0.2) is 12.9 Å². The molecule has 0 heterocycles. The number of nitrogens with zero attached hydrogens (tertiary/aromatic N) is 1. The van der Waals surface area contributed by atoms with Crippen molar-refractivity contribution in [1.29, 1.82) is 5.26 Å². The summed E-state index contributed by atoms with van der Waals surface area (Å²) in [5.41, 5.74) is 1.44. The van der Waals surface area contributed by atoms with Gasteiger partial charge < -0.3 is 4.74 Å². The van der Waals surface area contributed by atoms with E-state index < -0.39 is 0 Å². The molecule has 3 heteroatoms. The lowest BCUT2D eigenvalue weighted by atomic mass is 10.0. The molecule has 1 aromatic rings. The summed E-state index contributed by atoms with van der Waals surface area (Å²) in [6.07, 6.45) is 5.75. The van der Waals surface area contributed by atoms with E-state index in [9.17, 15) is 4.79 Å². The van der Waals surface area contributed by atoms with Gasteiger partial charge in [-0.25, -0.2) is 0 Å². The summed E-state index contributed by atoms with van der Waals surface area (Å²) in [6, 6.07) is 7.38. The average Bonchev–Trinajstić information content (AvgIpc) is 2.49. The highest BCUT2D eigenvalue weighted by molar-refractivity contribution is 5.75. The Morgan fingerprint density at radius 3 is 2.80 bits per heavy atom. The van der Waals surface area contributed by atoms with Crippen molar-refractivity contribution in [3.63, 3.8) is 0 Å². The number of benzene rings is 1. The van der Waals surface area contributed by atoms with Crippen LogP contribution in [0.25, 0.3) is 0 Å². The zero-order chi connectivity index (χ0) is 14.8. The molecule has 0 aromatic heterocycles. The van der Waals surface area contributed by atoms with E-state index >= 15 is 0 Å². The molecule has 1 atom stereocenters. The van der Waals surface area contributed by atoms with Gasteiger partial charge in [-0.3, -0.25) is 4.79 Å². The summed E-state index contributed by atoms with van der Waals surface area (Å²) in [6.45, 7) is 5.01. The molecule has 0 bridgehead atoms. The Hall–Kier alpha value is -1.82. The van der Waals surface area contributed by atoms with Crippen LogP contribution in [0.15, 0.2) is 18.2 Å². The van der Waals surface area contributed by atoms with Crippen molar-refractivity contribution in [2.75, 3.05) is 6.61 Å². The average molecular weight is 273 g/mol. The van der Waals surface area contributed by atoms with Crippen LogP contribution in [0.1, 0.15) is 55.5 Å². The Bertz CT molecular complexity index is 463. The van der Waals surface area contributed by atoms with Crippen LogP contribution >= 0.6 is 0 Å². The normalized spacial score (nSPS) is 11.7. The monoisotopic (exact) mass is 273 g/mol. The van der Waals surface area contributed by atoms with Gasteiger partial charge in [-0.2, -0.15) is 5.26 Å². The van der Waals surface area contributed by atoms with Gasteiger partial charge in [-0.1, -0.05) is 45.2 Å². The molecular formula is C17H23NO2. The third kappa shape index (κ3) is 5.05. The SMILES string of the molecule is CCCC[C@@H](CC)COc1cc(C=O)ccc1CC#N. The third-order valence-corrected chi connectivity index (χ3v) is 3.51. The summed E-state index contributed by atoms with van der Waals surface area (Å²) >= 11 is 0. The van der Waals surface area contributed by atoms with Crippen LogP contribution in [0.2, 0.25) is 0 Å². The largest absolute Gasteiger partial charge is 0.493 e. The maximum atomic E-state index is 10.8. The first-order valence-electron chi connectivity index (χ1n) is 7.32. The van der Waals surface area contributed by atoms with E-state index in [-0.39, 0.29) is 0 Å². The minimum atomic E-state index is 0.306. The molecule has 0 saturated carbocycles. The van der Waals surface area contributed by atoms with Gasteiger partial charge in [0.05, 0.1) is 19.1 Å². The molecule has 20 heavy (non-hydrogen) atoms. The van der Waals surface area contributed by atoms with Crippen LogP contribution in [0.5, 0.6) is 5.75 Å². The van der Waals surface area contributed by atoms with E-state index in [1.165, 1.54) is 12.8 Å². The summed E-state index contributed by atoms with van der Waals surface area (Å²) in [5.74, 6) is 1.20. The second kappa shape index (κ2) is 9.14. The standard InChI is InChI=1S/C17H23NO2/c1-3-5-6-14(4-2)13-20-17-11-15(12-19)7-8-16(17)9-10-18/h7-8,11-12,14H,3-6,9,13H2,1-2H3/t14-/m1/s1. The van der Waals surface area contributed by atoms with Crippen LogP contribution in [-0.2, 0) is 6.42 Å². The van der Waals surface area contributed by atoms with Gasteiger partial charge in [0, 0.05) is 11.1 Å². The predicted octanol–water partition coefficient (Wildman–Crippen LogP) is 4.16. The number of ether oxygens (including phenoxy) is 1. The topological polar surface area (TPSA) is 50.1 Å². The first-order valence-corrected chi connectivity index (χ1v) is 7.32. The van der Waals surface area contributed by atoms with Crippen molar-refractivity contribution in [3.05, 3.63) is 29.3 Å². The third-order valence-electron chi connectivity index (χ3n) is 3.51. The Balaban J connectivity index is 2.73.